The molecular weight excluding hydrogens is 300 g/mol. The van der Waals surface area contributed by atoms with Crippen LogP contribution in [0.3, 0.4) is 0 Å². The standard InChI is InChI=1S/C12H17BrN2OS/c1-8-15-11(7-17-8)12(16)14-6-9-2-4-10(13)5-3-9/h7,9-10H,2-6H2,1H3,(H,14,16). The fraction of sp³-hybridized carbons (Fsp3) is 0.667. The van der Waals surface area contributed by atoms with Gasteiger partial charge in [-0.3, -0.25) is 4.79 Å². The highest BCUT2D eigenvalue weighted by molar-refractivity contribution is 9.09. The highest BCUT2D eigenvalue weighted by Crippen LogP contribution is 2.28. The van der Waals surface area contributed by atoms with Gasteiger partial charge in [0, 0.05) is 16.8 Å². The summed E-state index contributed by atoms with van der Waals surface area (Å²) in [7, 11) is 0. The van der Waals surface area contributed by atoms with Gasteiger partial charge in [0.1, 0.15) is 5.69 Å². The Kier molecular flexibility index (Phi) is 4.56. The summed E-state index contributed by atoms with van der Waals surface area (Å²) < 4.78 is 0. The molecule has 1 saturated carbocycles. The van der Waals surface area contributed by atoms with E-state index in [-0.39, 0.29) is 5.91 Å². The molecule has 1 aliphatic rings. The smallest absolute Gasteiger partial charge is 0.270 e. The number of hydrogen-bond acceptors (Lipinski definition) is 3. The van der Waals surface area contributed by atoms with E-state index in [0.717, 1.165) is 11.6 Å². The summed E-state index contributed by atoms with van der Waals surface area (Å²) in [6.07, 6.45) is 4.84. The molecular formula is C12H17BrN2OS. The summed E-state index contributed by atoms with van der Waals surface area (Å²) in [6.45, 7) is 2.70. The van der Waals surface area contributed by atoms with Gasteiger partial charge in [0.2, 0.25) is 0 Å². The van der Waals surface area contributed by atoms with Gasteiger partial charge in [-0.05, 0) is 38.5 Å². The number of nitrogens with zero attached hydrogens (tertiary/aromatic N) is 1. The minimum Gasteiger partial charge on any atom is -0.350 e. The van der Waals surface area contributed by atoms with Gasteiger partial charge in [0.25, 0.3) is 5.91 Å². The van der Waals surface area contributed by atoms with Crippen LogP contribution >= 0.6 is 27.3 Å². The molecule has 0 radical (unpaired) electrons. The number of carbonyl (C=O) groups is 1. The van der Waals surface area contributed by atoms with E-state index < -0.39 is 0 Å². The minimum absolute atomic E-state index is 0.0321. The number of halogens is 1. The molecule has 1 N–H and O–H groups in total. The van der Waals surface area contributed by atoms with Crippen LogP contribution < -0.4 is 5.32 Å². The summed E-state index contributed by atoms with van der Waals surface area (Å²) in [4.78, 5) is 16.7. The molecule has 1 aromatic heterocycles. The molecule has 1 heterocycles. The monoisotopic (exact) mass is 316 g/mol. The van der Waals surface area contributed by atoms with E-state index in [0.29, 0.717) is 16.4 Å². The highest BCUT2D eigenvalue weighted by atomic mass is 79.9. The van der Waals surface area contributed by atoms with E-state index in [1.807, 2.05) is 12.3 Å². The Morgan fingerprint density at radius 2 is 2.24 bits per heavy atom. The Labute approximate surface area is 114 Å². The first-order valence-corrected chi connectivity index (χ1v) is 7.79. The fourth-order valence-electron chi connectivity index (χ4n) is 2.12. The van der Waals surface area contributed by atoms with Crippen molar-refractivity contribution in [3.63, 3.8) is 0 Å². The second kappa shape index (κ2) is 5.96. The van der Waals surface area contributed by atoms with Crippen LogP contribution in [0, 0.1) is 12.8 Å². The molecule has 1 fully saturated rings. The van der Waals surface area contributed by atoms with E-state index in [1.165, 1.54) is 37.0 Å². The summed E-state index contributed by atoms with van der Waals surface area (Å²) in [5.41, 5.74) is 0.557. The van der Waals surface area contributed by atoms with Gasteiger partial charge in [-0.1, -0.05) is 15.9 Å². The first kappa shape index (κ1) is 13.0. The predicted molar refractivity (Wildman–Crippen MR) is 73.9 cm³/mol. The Hall–Kier alpha value is -0.420. The third-order valence-electron chi connectivity index (χ3n) is 3.18. The van der Waals surface area contributed by atoms with Crippen LogP contribution in [0.5, 0.6) is 0 Å². The van der Waals surface area contributed by atoms with Crippen molar-refractivity contribution >= 4 is 33.2 Å². The lowest BCUT2D eigenvalue weighted by Crippen LogP contribution is -2.31. The van der Waals surface area contributed by atoms with Crippen LogP contribution in [0.25, 0.3) is 0 Å². The zero-order valence-electron chi connectivity index (χ0n) is 9.91. The van der Waals surface area contributed by atoms with Crippen LogP contribution in [0.4, 0.5) is 0 Å². The van der Waals surface area contributed by atoms with Gasteiger partial charge in [-0.15, -0.1) is 11.3 Å². The molecule has 94 valence electrons. The third kappa shape index (κ3) is 3.78. The second-order valence-corrected chi connectivity index (χ2v) is 6.94. The Bertz CT molecular complexity index is 386. The first-order valence-electron chi connectivity index (χ1n) is 5.99. The van der Waals surface area contributed by atoms with E-state index in [4.69, 9.17) is 0 Å². The van der Waals surface area contributed by atoms with Gasteiger partial charge < -0.3 is 5.32 Å². The highest BCUT2D eigenvalue weighted by Gasteiger charge is 2.20. The summed E-state index contributed by atoms with van der Waals surface area (Å²) in [5, 5.41) is 5.75. The number of amides is 1. The lowest BCUT2D eigenvalue weighted by atomic mass is 9.89. The maximum atomic E-state index is 11.8. The quantitative estimate of drug-likeness (QED) is 0.870. The topological polar surface area (TPSA) is 42.0 Å². The number of aryl methyl sites for hydroxylation is 1. The van der Waals surface area contributed by atoms with Gasteiger partial charge >= 0.3 is 0 Å². The zero-order chi connectivity index (χ0) is 12.3. The maximum absolute atomic E-state index is 11.8. The molecule has 0 aromatic carbocycles. The molecule has 5 heteroatoms. The average molecular weight is 317 g/mol. The summed E-state index contributed by atoms with van der Waals surface area (Å²) in [6, 6.07) is 0. The maximum Gasteiger partial charge on any atom is 0.270 e. The third-order valence-corrected chi connectivity index (χ3v) is 4.87. The lowest BCUT2D eigenvalue weighted by molar-refractivity contribution is 0.0939. The molecule has 3 nitrogen and oxygen atoms in total. The number of aromatic nitrogens is 1. The van der Waals surface area contributed by atoms with Crippen molar-refractivity contribution in [1.82, 2.24) is 10.3 Å². The van der Waals surface area contributed by atoms with Crippen molar-refractivity contribution in [3.8, 4) is 0 Å². The largest absolute Gasteiger partial charge is 0.350 e. The van der Waals surface area contributed by atoms with Gasteiger partial charge in [0.05, 0.1) is 5.01 Å². The molecule has 17 heavy (non-hydrogen) atoms. The van der Waals surface area contributed by atoms with Crippen molar-refractivity contribution in [2.45, 2.75) is 37.4 Å². The van der Waals surface area contributed by atoms with Gasteiger partial charge in [-0.2, -0.15) is 0 Å². The first-order chi connectivity index (χ1) is 8.15. The number of rotatable bonds is 3. The van der Waals surface area contributed by atoms with Crippen LogP contribution in [-0.2, 0) is 0 Å². The molecule has 0 aliphatic heterocycles. The zero-order valence-corrected chi connectivity index (χ0v) is 12.3. The van der Waals surface area contributed by atoms with Crippen molar-refractivity contribution < 1.29 is 4.79 Å². The molecule has 2 rings (SSSR count). The molecule has 1 aliphatic carbocycles. The Morgan fingerprint density at radius 1 is 1.53 bits per heavy atom. The van der Waals surface area contributed by atoms with Crippen LogP contribution in [-0.4, -0.2) is 22.3 Å². The average Bonchev–Trinajstić information content (AvgIpc) is 2.75. The molecule has 1 aromatic rings. The summed E-state index contributed by atoms with van der Waals surface area (Å²) in [5.74, 6) is 0.600. The van der Waals surface area contributed by atoms with E-state index in [2.05, 4.69) is 26.2 Å². The van der Waals surface area contributed by atoms with Gasteiger partial charge in [0.15, 0.2) is 0 Å². The Morgan fingerprint density at radius 3 is 2.82 bits per heavy atom. The Balaban J connectivity index is 1.76. The molecule has 0 saturated heterocycles. The molecule has 0 atom stereocenters. The number of thiazole rings is 1. The number of alkyl halides is 1. The SMILES string of the molecule is Cc1nc(C(=O)NCC2CCC(Br)CC2)cs1. The van der Waals surface area contributed by atoms with E-state index in [1.54, 1.807) is 0 Å². The van der Waals surface area contributed by atoms with E-state index >= 15 is 0 Å². The van der Waals surface area contributed by atoms with Crippen LogP contribution in [0.15, 0.2) is 5.38 Å². The molecule has 0 spiro atoms. The molecule has 0 bridgehead atoms. The second-order valence-electron chi connectivity index (χ2n) is 4.58. The summed E-state index contributed by atoms with van der Waals surface area (Å²) >= 11 is 5.16. The number of nitrogens with one attached hydrogen (secondary N) is 1. The minimum atomic E-state index is -0.0321. The molecule has 1 amide bonds. The number of carbonyl (C=O) groups excluding carboxylic acids is 1. The van der Waals surface area contributed by atoms with Crippen molar-refractivity contribution in [2.75, 3.05) is 6.54 Å². The van der Waals surface area contributed by atoms with Crippen LogP contribution in [0.1, 0.15) is 41.2 Å². The van der Waals surface area contributed by atoms with Crippen LogP contribution in [0.2, 0.25) is 0 Å². The predicted octanol–water partition coefficient (Wildman–Crippen LogP) is 3.14. The lowest BCUT2D eigenvalue weighted by Gasteiger charge is -2.25. The molecule has 0 unspecified atom stereocenters. The van der Waals surface area contributed by atoms with Crippen molar-refractivity contribution in [3.05, 3.63) is 16.1 Å². The van der Waals surface area contributed by atoms with Crippen molar-refractivity contribution in [2.24, 2.45) is 5.92 Å². The normalized spacial score (nSPS) is 24.6. The van der Waals surface area contributed by atoms with Gasteiger partial charge in [-0.25, -0.2) is 4.98 Å². The number of hydrogen-bond donors (Lipinski definition) is 1. The fourth-order valence-corrected chi connectivity index (χ4v) is 3.24. The van der Waals surface area contributed by atoms with E-state index in [9.17, 15) is 4.79 Å². The van der Waals surface area contributed by atoms with Crippen molar-refractivity contribution in [1.29, 1.82) is 0 Å².